The van der Waals surface area contributed by atoms with E-state index in [0.29, 0.717) is 23.1 Å². The molecule has 8 nitrogen and oxygen atoms in total. The molecule has 9 heteroatoms. The molecular weight excluding hydrogens is 389 g/mol. The number of carbonyl (C=O) groups is 1. The summed E-state index contributed by atoms with van der Waals surface area (Å²) >= 11 is 0. The number of hydrogen-bond donors (Lipinski definition) is 1. The van der Waals surface area contributed by atoms with Crippen LogP contribution in [0, 0.1) is 5.82 Å². The van der Waals surface area contributed by atoms with Gasteiger partial charge in [-0.15, -0.1) is 0 Å². The van der Waals surface area contributed by atoms with Crippen LogP contribution < -0.4 is 14.8 Å². The molecule has 1 amide bonds. The number of para-hydroxylation sites is 1. The van der Waals surface area contributed by atoms with Crippen LogP contribution in [0.5, 0.6) is 17.4 Å². The van der Waals surface area contributed by atoms with Crippen LogP contribution in [0.25, 0.3) is 5.82 Å². The van der Waals surface area contributed by atoms with Crippen LogP contribution in [0.15, 0.2) is 79.4 Å². The minimum absolute atomic E-state index is 0.0238. The quantitative estimate of drug-likeness (QED) is 0.505. The predicted octanol–water partition coefficient (Wildman–Crippen LogP) is 3.61. The van der Waals surface area contributed by atoms with E-state index in [1.54, 1.807) is 65.6 Å². The van der Waals surface area contributed by atoms with Crippen molar-refractivity contribution in [3.63, 3.8) is 0 Å². The number of nitrogens with zero attached hydrogens (tertiary/aromatic N) is 4. The van der Waals surface area contributed by atoms with E-state index in [9.17, 15) is 9.18 Å². The first-order valence-corrected chi connectivity index (χ1v) is 8.94. The molecule has 0 atom stereocenters. The van der Waals surface area contributed by atoms with Gasteiger partial charge in [0.1, 0.15) is 12.1 Å². The molecule has 0 radical (unpaired) electrons. The zero-order chi connectivity index (χ0) is 20.8. The van der Waals surface area contributed by atoms with E-state index in [-0.39, 0.29) is 12.4 Å². The third-order valence-electron chi connectivity index (χ3n) is 3.92. The van der Waals surface area contributed by atoms with E-state index in [1.165, 1.54) is 18.5 Å². The summed E-state index contributed by atoms with van der Waals surface area (Å²) in [5, 5.41) is 6.78. The molecule has 2 aromatic heterocycles. The van der Waals surface area contributed by atoms with Crippen LogP contribution in [0.1, 0.15) is 0 Å². The Hall–Kier alpha value is -4.27. The number of aromatic nitrogens is 4. The number of benzene rings is 2. The van der Waals surface area contributed by atoms with Gasteiger partial charge >= 0.3 is 0 Å². The molecule has 4 aromatic rings. The smallest absolute Gasteiger partial charge is 0.262 e. The number of amides is 1. The van der Waals surface area contributed by atoms with Gasteiger partial charge < -0.3 is 14.8 Å². The lowest BCUT2D eigenvalue weighted by Gasteiger charge is -2.09. The summed E-state index contributed by atoms with van der Waals surface area (Å²) in [4.78, 5) is 20.2. The van der Waals surface area contributed by atoms with Crippen molar-refractivity contribution in [3.8, 4) is 23.2 Å². The number of rotatable bonds is 7. The Balaban J connectivity index is 1.33. The molecule has 2 heterocycles. The maximum Gasteiger partial charge on any atom is 0.262 e. The van der Waals surface area contributed by atoms with Crippen LogP contribution in [0.3, 0.4) is 0 Å². The summed E-state index contributed by atoms with van der Waals surface area (Å²) in [6.07, 6.45) is 4.80. The Bertz CT molecular complexity index is 1130. The fourth-order valence-corrected chi connectivity index (χ4v) is 2.54. The zero-order valence-corrected chi connectivity index (χ0v) is 15.6. The topological polar surface area (TPSA) is 91.2 Å². The largest absolute Gasteiger partial charge is 0.481 e. The van der Waals surface area contributed by atoms with Crippen LogP contribution in [-0.4, -0.2) is 32.3 Å². The van der Waals surface area contributed by atoms with Crippen molar-refractivity contribution in [1.82, 2.24) is 19.7 Å². The fraction of sp³-hybridized carbons (Fsp3) is 0.0476. The van der Waals surface area contributed by atoms with Crippen LogP contribution >= 0.6 is 0 Å². The lowest BCUT2D eigenvalue weighted by atomic mass is 10.3. The van der Waals surface area contributed by atoms with Crippen LogP contribution in [0.2, 0.25) is 0 Å². The van der Waals surface area contributed by atoms with Gasteiger partial charge in [0, 0.05) is 24.1 Å². The minimum atomic E-state index is -0.521. The van der Waals surface area contributed by atoms with Crippen molar-refractivity contribution < 1.29 is 18.7 Å². The molecule has 0 aliphatic rings. The zero-order valence-electron chi connectivity index (χ0n) is 15.6. The number of ether oxygens (including phenoxy) is 2. The average molecular weight is 405 g/mol. The molecule has 0 saturated heterocycles. The first-order chi connectivity index (χ1) is 14.7. The Morgan fingerprint density at radius 2 is 1.90 bits per heavy atom. The minimum Gasteiger partial charge on any atom is -0.481 e. The first-order valence-electron chi connectivity index (χ1n) is 8.94. The predicted molar refractivity (Wildman–Crippen MR) is 106 cm³/mol. The summed E-state index contributed by atoms with van der Waals surface area (Å²) in [7, 11) is 0. The van der Waals surface area contributed by atoms with Gasteiger partial charge in [0.2, 0.25) is 5.88 Å². The highest BCUT2D eigenvalue weighted by Crippen LogP contribution is 2.22. The van der Waals surface area contributed by atoms with Gasteiger partial charge in [-0.3, -0.25) is 4.79 Å². The SMILES string of the molecule is O=C(COc1ccccc1F)Nc1ccc(Oc2cc(-n3cccn3)ncn2)cc1. The second kappa shape index (κ2) is 8.82. The molecule has 4 rings (SSSR count). The summed E-state index contributed by atoms with van der Waals surface area (Å²) in [6, 6.07) is 16.1. The van der Waals surface area contributed by atoms with Gasteiger partial charge in [-0.2, -0.15) is 5.10 Å². The summed E-state index contributed by atoms with van der Waals surface area (Å²) in [6.45, 7) is -0.309. The maximum atomic E-state index is 13.5. The first kappa shape index (κ1) is 19.1. The Labute approximate surface area is 170 Å². The van der Waals surface area contributed by atoms with Crippen molar-refractivity contribution in [2.45, 2.75) is 0 Å². The molecular formula is C21H16FN5O3. The van der Waals surface area contributed by atoms with E-state index in [0.717, 1.165) is 0 Å². The number of hydrogen-bond acceptors (Lipinski definition) is 6. The molecule has 0 aliphatic carbocycles. The monoisotopic (exact) mass is 405 g/mol. The van der Waals surface area contributed by atoms with Gasteiger partial charge in [0.25, 0.3) is 5.91 Å². The second-order valence-corrected chi connectivity index (χ2v) is 6.06. The van der Waals surface area contributed by atoms with Crippen LogP contribution in [-0.2, 0) is 4.79 Å². The molecule has 0 unspecified atom stereocenters. The fourth-order valence-electron chi connectivity index (χ4n) is 2.54. The van der Waals surface area contributed by atoms with E-state index in [4.69, 9.17) is 9.47 Å². The van der Waals surface area contributed by atoms with Crippen molar-refractivity contribution in [3.05, 3.63) is 85.2 Å². The molecule has 0 spiro atoms. The third-order valence-corrected chi connectivity index (χ3v) is 3.92. The molecule has 1 N–H and O–H groups in total. The van der Waals surface area contributed by atoms with E-state index >= 15 is 0 Å². The second-order valence-electron chi connectivity index (χ2n) is 6.06. The molecule has 0 saturated carbocycles. The van der Waals surface area contributed by atoms with Crippen molar-refractivity contribution >= 4 is 11.6 Å². The lowest BCUT2D eigenvalue weighted by Crippen LogP contribution is -2.20. The summed E-state index contributed by atoms with van der Waals surface area (Å²) in [5.41, 5.74) is 0.546. The normalized spacial score (nSPS) is 10.4. The highest BCUT2D eigenvalue weighted by Gasteiger charge is 2.08. The van der Waals surface area contributed by atoms with Gasteiger partial charge in [-0.05, 0) is 42.5 Å². The van der Waals surface area contributed by atoms with E-state index in [1.807, 2.05) is 0 Å². The van der Waals surface area contributed by atoms with Crippen molar-refractivity contribution in [2.75, 3.05) is 11.9 Å². The van der Waals surface area contributed by atoms with Gasteiger partial charge in [-0.1, -0.05) is 12.1 Å². The number of halogens is 1. The summed E-state index contributed by atoms with van der Waals surface area (Å²) < 4.78 is 26.0. The Morgan fingerprint density at radius 1 is 1.07 bits per heavy atom. The van der Waals surface area contributed by atoms with Gasteiger partial charge in [-0.25, -0.2) is 19.0 Å². The van der Waals surface area contributed by atoms with E-state index < -0.39 is 11.7 Å². The maximum absolute atomic E-state index is 13.5. The highest BCUT2D eigenvalue weighted by atomic mass is 19.1. The van der Waals surface area contributed by atoms with E-state index in [2.05, 4.69) is 20.4 Å². The Morgan fingerprint density at radius 3 is 2.67 bits per heavy atom. The molecule has 30 heavy (non-hydrogen) atoms. The molecule has 0 bridgehead atoms. The highest BCUT2D eigenvalue weighted by molar-refractivity contribution is 5.91. The number of anilines is 1. The van der Waals surface area contributed by atoms with Crippen molar-refractivity contribution in [2.24, 2.45) is 0 Å². The van der Waals surface area contributed by atoms with Crippen molar-refractivity contribution in [1.29, 1.82) is 0 Å². The summed E-state index contributed by atoms with van der Waals surface area (Å²) in [5.74, 6) is 0.546. The molecule has 0 aliphatic heterocycles. The molecule has 0 fully saturated rings. The number of carbonyl (C=O) groups excluding carboxylic acids is 1. The molecule has 150 valence electrons. The Kier molecular flexibility index (Phi) is 5.61. The lowest BCUT2D eigenvalue weighted by molar-refractivity contribution is -0.118. The molecule has 2 aromatic carbocycles. The average Bonchev–Trinajstić information content (AvgIpc) is 3.30. The van der Waals surface area contributed by atoms with Gasteiger partial charge in [0.15, 0.2) is 24.0 Å². The van der Waals surface area contributed by atoms with Gasteiger partial charge in [0.05, 0.1) is 0 Å². The number of nitrogens with one attached hydrogen (secondary N) is 1. The third kappa shape index (κ3) is 4.76. The van der Waals surface area contributed by atoms with Crippen LogP contribution in [0.4, 0.5) is 10.1 Å². The standard InChI is InChI=1S/C21H16FN5O3/c22-17-4-1-2-5-18(17)29-13-20(28)26-15-6-8-16(9-7-15)30-21-12-19(23-14-24-21)27-11-3-10-25-27/h1-12,14H,13H2,(H,26,28).